The summed E-state index contributed by atoms with van der Waals surface area (Å²) in [6.07, 6.45) is 4.03. The molecule has 2 aliphatic rings. The molecule has 0 saturated carbocycles. The number of morpholine rings is 1. The van der Waals surface area contributed by atoms with E-state index in [0.29, 0.717) is 18.7 Å². The topological polar surface area (TPSA) is 62.8 Å². The third kappa shape index (κ3) is 5.21. The third-order valence-corrected chi connectivity index (χ3v) is 5.90. The van der Waals surface area contributed by atoms with E-state index in [1.807, 2.05) is 6.92 Å². The van der Waals surface area contributed by atoms with Crippen molar-refractivity contribution in [3.8, 4) is 5.75 Å². The van der Waals surface area contributed by atoms with E-state index in [0.717, 1.165) is 63.2 Å². The van der Waals surface area contributed by atoms with Crippen LogP contribution in [0.25, 0.3) is 0 Å². The smallest absolute Gasteiger partial charge is 0.134 e. The molecule has 0 spiro atoms. The highest BCUT2D eigenvalue weighted by atomic mass is 16.5. The highest BCUT2D eigenvalue weighted by Crippen LogP contribution is 2.24. The van der Waals surface area contributed by atoms with Crippen LogP contribution in [-0.2, 0) is 4.74 Å². The van der Waals surface area contributed by atoms with Crippen molar-refractivity contribution in [1.29, 1.82) is 0 Å². The monoisotopic (exact) mass is 411 g/mol. The molecule has 7 heteroatoms. The molecule has 0 bridgehead atoms. The summed E-state index contributed by atoms with van der Waals surface area (Å²) >= 11 is 0. The van der Waals surface area contributed by atoms with Crippen LogP contribution in [-0.4, -0.2) is 62.0 Å². The summed E-state index contributed by atoms with van der Waals surface area (Å²) in [5.41, 5.74) is 1.28. The SMILES string of the molecule is CCOc1ccc(C(C)NC2CCCN(c3cc(N4CCOCC4)ncn3)C2)cc1. The first kappa shape index (κ1) is 20.9. The second-order valence-electron chi connectivity index (χ2n) is 8.01. The molecule has 30 heavy (non-hydrogen) atoms. The molecule has 4 rings (SSSR count). The number of rotatable bonds is 7. The zero-order valence-corrected chi connectivity index (χ0v) is 18.1. The van der Waals surface area contributed by atoms with Gasteiger partial charge in [-0.05, 0) is 44.4 Å². The lowest BCUT2D eigenvalue weighted by Crippen LogP contribution is -2.46. The lowest BCUT2D eigenvalue weighted by Gasteiger charge is -2.36. The van der Waals surface area contributed by atoms with E-state index in [9.17, 15) is 0 Å². The first-order valence-electron chi connectivity index (χ1n) is 11.1. The second kappa shape index (κ2) is 10.1. The summed E-state index contributed by atoms with van der Waals surface area (Å²) in [7, 11) is 0. The van der Waals surface area contributed by atoms with Gasteiger partial charge in [-0.3, -0.25) is 0 Å². The van der Waals surface area contributed by atoms with Crippen LogP contribution in [0.4, 0.5) is 11.6 Å². The molecule has 1 aromatic carbocycles. The van der Waals surface area contributed by atoms with Crippen LogP contribution in [0.5, 0.6) is 5.75 Å². The predicted octanol–water partition coefficient (Wildman–Crippen LogP) is 3.03. The molecule has 1 aromatic heterocycles. The number of anilines is 2. The average molecular weight is 412 g/mol. The maximum absolute atomic E-state index is 5.56. The first-order valence-corrected chi connectivity index (χ1v) is 11.1. The molecule has 162 valence electrons. The predicted molar refractivity (Wildman–Crippen MR) is 119 cm³/mol. The quantitative estimate of drug-likeness (QED) is 0.751. The van der Waals surface area contributed by atoms with E-state index >= 15 is 0 Å². The Morgan fingerprint density at radius 1 is 1.10 bits per heavy atom. The Morgan fingerprint density at radius 3 is 2.57 bits per heavy atom. The van der Waals surface area contributed by atoms with Crippen LogP contribution in [0.2, 0.25) is 0 Å². The van der Waals surface area contributed by atoms with Gasteiger partial charge in [-0.15, -0.1) is 0 Å². The molecule has 7 nitrogen and oxygen atoms in total. The van der Waals surface area contributed by atoms with Crippen molar-refractivity contribution in [3.63, 3.8) is 0 Å². The van der Waals surface area contributed by atoms with E-state index in [2.05, 4.69) is 62.3 Å². The van der Waals surface area contributed by atoms with Gasteiger partial charge in [-0.25, -0.2) is 9.97 Å². The fourth-order valence-corrected chi connectivity index (χ4v) is 4.27. The lowest BCUT2D eigenvalue weighted by atomic mass is 10.0. The number of hydrogen-bond donors (Lipinski definition) is 1. The van der Waals surface area contributed by atoms with Crippen LogP contribution >= 0.6 is 0 Å². The Labute approximate surface area is 179 Å². The fraction of sp³-hybridized carbons (Fsp3) is 0.565. The van der Waals surface area contributed by atoms with Crippen LogP contribution in [0.15, 0.2) is 36.7 Å². The molecular weight excluding hydrogens is 378 g/mol. The van der Waals surface area contributed by atoms with Crippen LogP contribution in [0, 0.1) is 0 Å². The molecule has 2 unspecified atom stereocenters. The summed E-state index contributed by atoms with van der Waals surface area (Å²) in [6.45, 7) is 10.2. The van der Waals surface area contributed by atoms with Gasteiger partial charge in [0.25, 0.3) is 0 Å². The molecule has 2 aromatic rings. The Bertz CT molecular complexity index is 794. The minimum Gasteiger partial charge on any atom is -0.494 e. The molecule has 2 aliphatic heterocycles. The van der Waals surface area contributed by atoms with Gasteiger partial charge >= 0.3 is 0 Å². The number of piperidine rings is 1. The van der Waals surface area contributed by atoms with Crippen molar-refractivity contribution in [2.45, 2.75) is 38.8 Å². The zero-order chi connectivity index (χ0) is 20.8. The number of ether oxygens (including phenoxy) is 2. The molecule has 3 heterocycles. The van der Waals surface area contributed by atoms with E-state index in [1.165, 1.54) is 12.0 Å². The molecule has 0 radical (unpaired) electrons. The van der Waals surface area contributed by atoms with Crippen molar-refractivity contribution < 1.29 is 9.47 Å². The van der Waals surface area contributed by atoms with Crippen LogP contribution in [0.1, 0.15) is 38.3 Å². The minimum absolute atomic E-state index is 0.292. The van der Waals surface area contributed by atoms with Crippen molar-refractivity contribution in [3.05, 3.63) is 42.2 Å². The number of benzene rings is 1. The number of hydrogen-bond acceptors (Lipinski definition) is 7. The molecule has 0 aliphatic carbocycles. The van der Waals surface area contributed by atoms with E-state index < -0.39 is 0 Å². The van der Waals surface area contributed by atoms with Gasteiger partial charge in [-0.2, -0.15) is 0 Å². The summed E-state index contributed by atoms with van der Waals surface area (Å²) in [6, 6.07) is 11.3. The van der Waals surface area contributed by atoms with Gasteiger partial charge in [0.2, 0.25) is 0 Å². The van der Waals surface area contributed by atoms with Crippen LogP contribution in [0.3, 0.4) is 0 Å². The molecule has 0 amide bonds. The summed E-state index contributed by atoms with van der Waals surface area (Å²) < 4.78 is 11.0. The molecule has 2 saturated heterocycles. The molecular formula is C23H33N5O2. The second-order valence-corrected chi connectivity index (χ2v) is 8.01. The van der Waals surface area contributed by atoms with Gasteiger partial charge < -0.3 is 24.6 Å². The highest BCUT2D eigenvalue weighted by molar-refractivity contribution is 5.50. The van der Waals surface area contributed by atoms with E-state index in [1.54, 1.807) is 6.33 Å². The maximum atomic E-state index is 5.56. The summed E-state index contributed by atoms with van der Waals surface area (Å²) in [5.74, 6) is 2.95. The first-order chi connectivity index (χ1) is 14.7. The Balaban J connectivity index is 1.37. The normalized spacial score (nSPS) is 20.8. The van der Waals surface area contributed by atoms with Gasteiger partial charge in [0.1, 0.15) is 23.7 Å². The number of nitrogens with zero attached hydrogens (tertiary/aromatic N) is 4. The summed E-state index contributed by atoms with van der Waals surface area (Å²) in [4.78, 5) is 13.7. The maximum Gasteiger partial charge on any atom is 0.134 e. The van der Waals surface area contributed by atoms with Crippen molar-refractivity contribution in [1.82, 2.24) is 15.3 Å². The van der Waals surface area contributed by atoms with Gasteiger partial charge in [0, 0.05) is 44.3 Å². The van der Waals surface area contributed by atoms with Gasteiger partial charge in [0.05, 0.1) is 19.8 Å². The summed E-state index contributed by atoms with van der Waals surface area (Å²) in [5, 5.41) is 3.81. The average Bonchev–Trinajstić information content (AvgIpc) is 2.81. The van der Waals surface area contributed by atoms with Crippen molar-refractivity contribution in [2.24, 2.45) is 0 Å². The van der Waals surface area contributed by atoms with Gasteiger partial charge in [0.15, 0.2) is 0 Å². The lowest BCUT2D eigenvalue weighted by molar-refractivity contribution is 0.122. The molecule has 1 N–H and O–H groups in total. The van der Waals surface area contributed by atoms with Gasteiger partial charge in [-0.1, -0.05) is 12.1 Å². The van der Waals surface area contributed by atoms with Crippen LogP contribution < -0.4 is 19.9 Å². The number of aromatic nitrogens is 2. The Morgan fingerprint density at radius 2 is 1.83 bits per heavy atom. The van der Waals surface area contributed by atoms with E-state index in [-0.39, 0.29) is 0 Å². The van der Waals surface area contributed by atoms with Crippen molar-refractivity contribution >= 4 is 11.6 Å². The number of nitrogens with one attached hydrogen (secondary N) is 1. The molecule has 2 atom stereocenters. The standard InChI is InChI=1S/C23H33N5O2/c1-3-30-21-8-6-19(7-9-21)18(2)26-20-5-4-10-28(16-20)23-15-22(24-17-25-23)27-11-13-29-14-12-27/h6-9,15,17-18,20,26H,3-5,10-14,16H2,1-2H3. The Kier molecular flexibility index (Phi) is 7.02. The fourth-order valence-electron chi connectivity index (χ4n) is 4.27. The van der Waals surface area contributed by atoms with Crippen molar-refractivity contribution in [2.75, 3.05) is 55.8 Å². The minimum atomic E-state index is 0.292. The molecule has 2 fully saturated rings. The zero-order valence-electron chi connectivity index (χ0n) is 18.1. The van der Waals surface area contributed by atoms with E-state index in [4.69, 9.17) is 9.47 Å². The highest BCUT2D eigenvalue weighted by Gasteiger charge is 2.23. The largest absolute Gasteiger partial charge is 0.494 e. The third-order valence-electron chi connectivity index (χ3n) is 5.90. The Hall–Kier alpha value is -2.38.